The van der Waals surface area contributed by atoms with Gasteiger partial charge in [-0.3, -0.25) is 4.79 Å². The van der Waals surface area contributed by atoms with E-state index in [-0.39, 0.29) is 5.78 Å². The van der Waals surface area contributed by atoms with Gasteiger partial charge in [0.15, 0.2) is 5.78 Å². The molecule has 0 aliphatic heterocycles. The van der Waals surface area contributed by atoms with E-state index in [4.69, 9.17) is 0 Å². The number of carbonyl (C=O) groups excluding carboxylic acids is 1. The highest BCUT2D eigenvalue weighted by Gasteiger charge is 2.03. The van der Waals surface area contributed by atoms with E-state index in [0.717, 1.165) is 11.1 Å². The standard InChI is InChI=1S/C17H18O/c1-12(2)16-5-4-6-17(11-16)15-9-7-14(8-10-15)13(3)18/h4-12H,1-3H3. The van der Waals surface area contributed by atoms with Crippen molar-refractivity contribution in [1.29, 1.82) is 0 Å². The molecule has 0 atom stereocenters. The first-order valence-electron chi connectivity index (χ1n) is 6.29. The Morgan fingerprint density at radius 3 is 2.17 bits per heavy atom. The quantitative estimate of drug-likeness (QED) is 0.709. The number of rotatable bonds is 3. The molecular formula is C17H18O. The Labute approximate surface area is 108 Å². The minimum atomic E-state index is 0.109. The zero-order valence-corrected chi connectivity index (χ0v) is 11.1. The van der Waals surface area contributed by atoms with Crippen molar-refractivity contribution in [2.24, 2.45) is 0 Å². The summed E-state index contributed by atoms with van der Waals surface area (Å²) in [6, 6.07) is 16.4. The lowest BCUT2D eigenvalue weighted by Crippen LogP contribution is -1.91. The van der Waals surface area contributed by atoms with Crippen molar-refractivity contribution in [3.63, 3.8) is 0 Å². The second kappa shape index (κ2) is 5.18. The minimum Gasteiger partial charge on any atom is -0.295 e. The van der Waals surface area contributed by atoms with Crippen LogP contribution < -0.4 is 0 Å². The van der Waals surface area contributed by atoms with Crippen molar-refractivity contribution in [1.82, 2.24) is 0 Å². The molecular weight excluding hydrogens is 220 g/mol. The number of benzene rings is 2. The maximum absolute atomic E-state index is 11.2. The molecule has 2 aromatic rings. The van der Waals surface area contributed by atoms with Crippen LogP contribution in [0.5, 0.6) is 0 Å². The first kappa shape index (κ1) is 12.6. The van der Waals surface area contributed by atoms with E-state index in [1.54, 1.807) is 6.92 Å². The van der Waals surface area contributed by atoms with Crippen LogP contribution in [0.2, 0.25) is 0 Å². The van der Waals surface area contributed by atoms with Crippen LogP contribution in [0.1, 0.15) is 42.6 Å². The van der Waals surface area contributed by atoms with Crippen molar-refractivity contribution in [3.8, 4) is 11.1 Å². The first-order chi connectivity index (χ1) is 8.58. The normalized spacial score (nSPS) is 10.7. The fourth-order valence-corrected chi connectivity index (χ4v) is 1.97. The number of ketones is 1. The number of Topliss-reactive ketones (excluding diaryl/α,β-unsaturated/α-hetero) is 1. The number of carbonyl (C=O) groups is 1. The topological polar surface area (TPSA) is 17.1 Å². The SMILES string of the molecule is CC(=O)c1ccc(-c2cccc(C(C)C)c2)cc1. The molecule has 0 amide bonds. The van der Waals surface area contributed by atoms with Crippen molar-refractivity contribution in [3.05, 3.63) is 59.7 Å². The fourth-order valence-electron chi connectivity index (χ4n) is 1.97. The minimum absolute atomic E-state index is 0.109. The van der Waals surface area contributed by atoms with Crippen molar-refractivity contribution < 1.29 is 4.79 Å². The molecule has 0 radical (unpaired) electrons. The summed E-state index contributed by atoms with van der Waals surface area (Å²) < 4.78 is 0. The summed E-state index contributed by atoms with van der Waals surface area (Å²) >= 11 is 0. The molecule has 2 aromatic carbocycles. The molecule has 0 saturated carbocycles. The van der Waals surface area contributed by atoms with Crippen LogP contribution in [0.25, 0.3) is 11.1 Å². The molecule has 1 heteroatoms. The maximum Gasteiger partial charge on any atom is 0.159 e. The Morgan fingerprint density at radius 1 is 0.944 bits per heavy atom. The maximum atomic E-state index is 11.2. The molecule has 2 rings (SSSR count). The zero-order chi connectivity index (χ0) is 13.1. The van der Waals surface area contributed by atoms with Gasteiger partial charge in [-0.15, -0.1) is 0 Å². The predicted molar refractivity (Wildman–Crippen MR) is 76.0 cm³/mol. The molecule has 0 bridgehead atoms. The van der Waals surface area contributed by atoms with Gasteiger partial charge in [0.1, 0.15) is 0 Å². The second-order valence-corrected chi connectivity index (χ2v) is 4.91. The third kappa shape index (κ3) is 2.67. The van der Waals surface area contributed by atoms with Gasteiger partial charge in [-0.2, -0.15) is 0 Å². The van der Waals surface area contributed by atoms with E-state index in [1.807, 2.05) is 24.3 Å². The highest BCUT2D eigenvalue weighted by Crippen LogP contribution is 2.24. The molecule has 0 unspecified atom stereocenters. The summed E-state index contributed by atoms with van der Waals surface area (Å²) in [7, 11) is 0. The van der Waals surface area contributed by atoms with Gasteiger partial charge < -0.3 is 0 Å². The van der Waals surface area contributed by atoms with Gasteiger partial charge in [0.2, 0.25) is 0 Å². The van der Waals surface area contributed by atoms with E-state index in [0.29, 0.717) is 5.92 Å². The van der Waals surface area contributed by atoms with Gasteiger partial charge in [0, 0.05) is 5.56 Å². The summed E-state index contributed by atoms with van der Waals surface area (Å²) in [5, 5.41) is 0. The molecule has 0 spiro atoms. The highest BCUT2D eigenvalue weighted by molar-refractivity contribution is 5.94. The third-order valence-electron chi connectivity index (χ3n) is 3.18. The van der Waals surface area contributed by atoms with E-state index < -0.39 is 0 Å². The van der Waals surface area contributed by atoms with Crippen LogP contribution in [0.15, 0.2) is 48.5 Å². The van der Waals surface area contributed by atoms with Crippen LogP contribution in [0.3, 0.4) is 0 Å². The van der Waals surface area contributed by atoms with Crippen LogP contribution in [0, 0.1) is 0 Å². The summed E-state index contributed by atoms with van der Waals surface area (Å²) in [4.78, 5) is 11.2. The zero-order valence-electron chi connectivity index (χ0n) is 11.1. The Bertz CT molecular complexity index is 550. The smallest absolute Gasteiger partial charge is 0.159 e. The number of hydrogen-bond donors (Lipinski definition) is 0. The van der Waals surface area contributed by atoms with Crippen LogP contribution in [0.4, 0.5) is 0 Å². The molecule has 0 N–H and O–H groups in total. The van der Waals surface area contributed by atoms with Gasteiger partial charge in [0.25, 0.3) is 0 Å². The average Bonchev–Trinajstić information content (AvgIpc) is 2.39. The molecule has 0 aromatic heterocycles. The van der Waals surface area contributed by atoms with Crippen molar-refractivity contribution >= 4 is 5.78 Å². The van der Waals surface area contributed by atoms with Crippen LogP contribution in [-0.4, -0.2) is 5.78 Å². The van der Waals surface area contributed by atoms with Gasteiger partial charge in [0.05, 0.1) is 0 Å². The Hall–Kier alpha value is -1.89. The molecule has 0 aliphatic rings. The third-order valence-corrected chi connectivity index (χ3v) is 3.18. The van der Waals surface area contributed by atoms with Crippen molar-refractivity contribution in [2.75, 3.05) is 0 Å². The predicted octanol–water partition coefficient (Wildman–Crippen LogP) is 4.68. The Balaban J connectivity index is 2.36. The van der Waals surface area contributed by atoms with Crippen molar-refractivity contribution in [2.45, 2.75) is 26.7 Å². The van der Waals surface area contributed by atoms with Crippen LogP contribution in [-0.2, 0) is 0 Å². The molecule has 0 fully saturated rings. The molecule has 92 valence electrons. The monoisotopic (exact) mass is 238 g/mol. The lowest BCUT2D eigenvalue weighted by molar-refractivity contribution is 0.101. The van der Waals surface area contributed by atoms with E-state index in [9.17, 15) is 4.79 Å². The fraction of sp³-hybridized carbons (Fsp3) is 0.235. The summed E-state index contributed by atoms with van der Waals surface area (Å²) in [6.07, 6.45) is 0. The Kier molecular flexibility index (Phi) is 3.61. The second-order valence-electron chi connectivity index (χ2n) is 4.91. The van der Waals surface area contributed by atoms with E-state index in [1.165, 1.54) is 11.1 Å². The Morgan fingerprint density at radius 2 is 1.61 bits per heavy atom. The molecule has 0 heterocycles. The van der Waals surface area contributed by atoms with Crippen LogP contribution >= 0.6 is 0 Å². The summed E-state index contributed by atoms with van der Waals surface area (Å²) in [5.41, 5.74) is 4.46. The number of hydrogen-bond acceptors (Lipinski definition) is 1. The largest absolute Gasteiger partial charge is 0.295 e. The lowest BCUT2D eigenvalue weighted by Gasteiger charge is -2.08. The molecule has 18 heavy (non-hydrogen) atoms. The van der Waals surface area contributed by atoms with E-state index >= 15 is 0 Å². The summed E-state index contributed by atoms with van der Waals surface area (Å²) in [6.45, 7) is 5.98. The summed E-state index contributed by atoms with van der Waals surface area (Å²) in [5.74, 6) is 0.638. The molecule has 0 saturated heterocycles. The van der Waals surface area contributed by atoms with Gasteiger partial charge in [-0.05, 0) is 29.5 Å². The molecule has 0 aliphatic carbocycles. The average molecular weight is 238 g/mol. The van der Waals surface area contributed by atoms with Gasteiger partial charge >= 0.3 is 0 Å². The van der Waals surface area contributed by atoms with E-state index in [2.05, 4.69) is 38.1 Å². The lowest BCUT2D eigenvalue weighted by atomic mass is 9.97. The van der Waals surface area contributed by atoms with Gasteiger partial charge in [-0.25, -0.2) is 0 Å². The highest BCUT2D eigenvalue weighted by atomic mass is 16.1. The molecule has 1 nitrogen and oxygen atoms in total. The first-order valence-corrected chi connectivity index (χ1v) is 6.29. The van der Waals surface area contributed by atoms with Gasteiger partial charge in [-0.1, -0.05) is 62.4 Å².